The maximum Gasteiger partial charge on any atom is 0.252 e. The van der Waals surface area contributed by atoms with E-state index in [9.17, 15) is 4.79 Å². The summed E-state index contributed by atoms with van der Waals surface area (Å²) in [6.45, 7) is 3.81. The lowest BCUT2D eigenvalue weighted by atomic mass is 10.1. The highest BCUT2D eigenvalue weighted by molar-refractivity contribution is 7.09. The van der Waals surface area contributed by atoms with Crippen LogP contribution < -0.4 is 5.32 Å². The fourth-order valence-electron chi connectivity index (χ4n) is 1.58. The van der Waals surface area contributed by atoms with E-state index in [4.69, 9.17) is 23.2 Å². The predicted octanol–water partition coefficient (Wildman–Crippen LogP) is 4.12. The molecule has 0 fully saturated rings. The number of carbonyl (C=O) groups is 1. The second kappa shape index (κ2) is 5.49. The number of nitrogens with one attached hydrogen (secondary N) is 1. The molecule has 0 aliphatic carbocycles. The lowest BCUT2D eigenvalue weighted by Crippen LogP contribution is -2.40. The number of benzene rings is 1. The van der Waals surface area contributed by atoms with Gasteiger partial charge in [0.2, 0.25) is 0 Å². The molecule has 19 heavy (non-hydrogen) atoms. The first-order chi connectivity index (χ1) is 8.90. The van der Waals surface area contributed by atoms with Gasteiger partial charge in [-0.3, -0.25) is 4.79 Å². The van der Waals surface area contributed by atoms with Crippen LogP contribution in [0, 0.1) is 0 Å². The molecule has 0 radical (unpaired) electrons. The van der Waals surface area contributed by atoms with E-state index < -0.39 is 5.54 Å². The van der Waals surface area contributed by atoms with Crippen molar-refractivity contribution < 1.29 is 4.79 Å². The largest absolute Gasteiger partial charge is 0.341 e. The maximum atomic E-state index is 12.2. The van der Waals surface area contributed by atoms with Crippen molar-refractivity contribution in [2.45, 2.75) is 19.4 Å². The number of aromatic nitrogens is 1. The molecule has 0 spiro atoms. The minimum Gasteiger partial charge on any atom is -0.341 e. The van der Waals surface area contributed by atoms with Crippen LogP contribution in [0.3, 0.4) is 0 Å². The predicted molar refractivity (Wildman–Crippen MR) is 79.1 cm³/mol. The summed E-state index contributed by atoms with van der Waals surface area (Å²) in [5.74, 6) is -0.209. The molecule has 1 N–H and O–H groups in total. The summed E-state index contributed by atoms with van der Waals surface area (Å²) in [5, 5.41) is 6.44. The first-order valence-corrected chi connectivity index (χ1v) is 7.21. The number of hydrogen-bond donors (Lipinski definition) is 1. The van der Waals surface area contributed by atoms with Crippen molar-refractivity contribution in [2.24, 2.45) is 0 Å². The van der Waals surface area contributed by atoms with E-state index in [1.54, 1.807) is 24.4 Å². The van der Waals surface area contributed by atoms with Gasteiger partial charge in [0.1, 0.15) is 5.01 Å². The number of halogens is 2. The lowest BCUT2D eigenvalue weighted by Gasteiger charge is -2.23. The molecule has 1 aromatic heterocycles. The molecule has 1 aromatic carbocycles. The molecule has 0 aliphatic heterocycles. The zero-order chi connectivity index (χ0) is 14.0. The third-order valence-electron chi connectivity index (χ3n) is 2.57. The Bertz CT molecular complexity index is 597. The van der Waals surface area contributed by atoms with Crippen molar-refractivity contribution in [1.82, 2.24) is 10.3 Å². The monoisotopic (exact) mass is 314 g/mol. The molecule has 100 valence electrons. The topological polar surface area (TPSA) is 42.0 Å². The molecule has 1 amide bonds. The molecule has 0 aliphatic rings. The van der Waals surface area contributed by atoms with Gasteiger partial charge < -0.3 is 5.32 Å². The summed E-state index contributed by atoms with van der Waals surface area (Å²) >= 11 is 13.2. The van der Waals surface area contributed by atoms with Gasteiger partial charge in [0, 0.05) is 17.1 Å². The number of rotatable bonds is 3. The molecule has 2 rings (SSSR count). The van der Waals surface area contributed by atoms with Crippen LogP contribution in [-0.2, 0) is 5.54 Å². The average Bonchev–Trinajstić information content (AvgIpc) is 2.86. The highest BCUT2D eigenvalue weighted by Gasteiger charge is 2.26. The van der Waals surface area contributed by atoms with Gasteiger partial charge in [-0.15, -0.1) is 11.3 Å². The van der Waals surface area contributed by atoms with Gasteiger partial charge in [-0.05, 0) is 32.0 Å². The van der Waals surface area contributed by atoms with E-state index >= 15 is 0 Å². The molecule has 0 atom stereocenters. The number of carbonyl (C=O) groups excluding carboxylic acids is 1. The normalized spacial score (nSPS) is 11.4. The minimum atomic E-state index is -0.530. The first-order valence-electron chi connectivity index (χ1n) is 5.58. The maximum absolute atomic E-state index is 12.2. The molecule has 3 nitrogen and oxygen atoms in total. The van der Waals surface area contributed by atoms with E-state index in [1.165, 1.54) is 11.3 Å². The third-order valence-corrected chi connectivity index (χ3v) is 4.41. The average molecular weight is 315 g/mol. The van der Waals surface area contributed by atoms with Crippen LogP contribution in [0.1, 0.15) is 29.2 Å². The summed E-state index contributed by atoms with van der Waals surface area (Å²) in [6, 6.07) is 4.80. The van der Waals surface area contributed by atoms with Gasteiger partial charge in [0.25, 0.3) is 5.91 Å². The Morgan fingerprint density at radius 2 is 2.05 bits per heavy atom. The summed E-state index contributed by atoms with van der Waals surface area (Å²) in [6.07, 6.45) is 1.72. The third kappa shape index (κ3) is 3.26. The van der Waals surface area contributed by atoms with Gasteiger partial charge in [-0.1, -0.05) is 23.2 Å². The van der Waals surface area contributed by atoms with Crippen molar-refractivity contribution in [1.29, 1.82) is 0 Å². The zero-order valence-corrected chi connectivity index (χ0v) is 12.7. The summed E-state index contributed by atoms with van der Waals surface area (Å²) in [4.78, 5) is 16.4. The number of thiazole rings is 1. The van der Waals surface area contributed by atoms with Gasteiger partial charge in [-0.2, -0.15) is 0 Å². The van der Waals surface area contributed by atoms with Crippen molar-refractivity contribution >= 4 is 40.4 Å². The van der Waals surface area contributed by atoms with Gasteiger partial charge >= 0.3 is 0 Å². The van der Waals surface area contributed by atoms with Crippen LogP contribution >= 0.6 is 34.5 Å². The van der Waals surface area contributed by atoms with Gasteiger partial charge in [-0.25, -0.2) is 4.98 Å². The standard InChI is InChI=1S/C13H12Cl2N2OS/c1-13(2,12-16-5-6-19-12)17-11(18)8-3-4-9(14)10(15)7-8/h3-7H,1-2H3,(H,17,18). The van der Waals surface area contributed by atoms with Crippen LogP contribution in [0.2, 0.25) is 10.0 Å². The van der Waals surface area contributed by atoms with E-state index in [1.807, 2.05) is 19.2 Å². The minimum absolute atomic E-state index is 0.209. The summed E-state index contributed by atoms with van der Waals surface area (Å²) in [5.41, 5.74) is -0.0591. The van der Waals surface area contributed by atoms with Crippen LogP contribution in [0.15, 0.2) is 29.8 Å². The molecule has 0 saturated heterocycles. The Labute approximate surface area is 125 Å². The van der Waals surface area contributed by atoms with Crippen molar-refractivity contribution in [3.63, 3.8) is 0 Å². The van der Waals surface area contributed by atoms with Crippen LogP contribution in [0.5, 0.6) is 0 Å². The van der Waals surface area contributed by atoms with Crippen molar-refractivity contribution in [3.8, 4) is 0 Å². The molecule has 6 heteroatoms. The van der Waals surface area contributed by atoms with Crippen molar-refractivity contribution in [3.05, 3.63) is 50.4 Å². The summed E-state index contributed by atoms with van der Waals surface area (Å²) in [7, 11) is 0. The fourth-order valence-corrected chi connectivity index (χ4v) is 2.60. The van der Waals surface area contributed by atoms with Gasteiger partial charge in [0.15, 0.2) is 0 Å². The second-order valence-electron chi connectivity index (χ2n) is 4.55. The van der Waals surface area contributed by atoms with Crippen LogP contribution in [-0.4, -0.2) is 10.9 Å². The van der Waals surface area contributed by atoms with E-state index in [0.29, 0.717) is 15.6 Å². The van der Waals surface area contributed by atoms with Crippen molar-refractivity contribution in [2.75, 3.05) is 0 Å². The fraction of sp³-hybridized carbons (Fsp3) is 0.231. The smallest absolute Gasteiger partial charge is 0.252 e. The Balaban J connectivity index is 2.19. The van der Waals surface area contributed by atoms with E-state index in [2.05, 4.69) is 10.3 Å². The zero-order valence-electron chi connectivity index (χ0n) is 10.4. The summed E-state index contributed by atoms with van der Waals surface area (Å²) < 4.78 is 0. The Hall–Kier alpha value is -1.10. The number of amides is 1. The molecule has 0 bridgehead atoms. The number of nitrogens with zero attached hydrogens (tertiary/aromatic N) is 1. The highest BCUT2D eigenvalue weighted by Crippen LogP contribution is 2.25. The Morgan fingerprint density at radius 3 is 2.63 bits per heavy atom. The molecule has 2 aromatic rings. The Morgan fingerprint density at radius 1 is 1.32 bits per heavy atom. The lowest BCUT2D eigenvalue weighted by molar-refractivity contribution is 0.0912. The van der Waals surface area contributed by atoms with Crippen LogP contribution in [0.25, 0.3) is 0 Å². The molecular formula is C13H12Cl2N2OS. The van der Waals surface area contributed by atoms with E-state index in [0.717, 1.165) is 5.01 Å². The second-order valence-corrected chi connectivity index (χ2v) is 6.25. The molecule has 0 saturated carbocycles. The quantitative estimate of drug-likeness (QED) is 0.926. The molecule has 1 heterocycles. The van der Waals surface area contributed by atoms with E-state index in [-0.39, 0.29) is 5.91 Å². The molecular weight excluding hydrogens is 303 g/mol. The first kappa shape index (κ1) is 14.3. The Kier molecular flexibility index (Phi) is 4.13. The van der Waals surface area contributed by atoms with Crippen LogP contribution in [0.4, 0.5) is 0 Å². The van der Waals surface area contributed by atoms with Gasteiger partial charge in [0.05, 0.1) is 15.6 Å². The molecule has 0 unspecified atom stereocenters. The SMILES string of the molecule is CC(C)(NC(=O)c1ccc(Cl)c(Cl)c1)c1nccs1. The number of hydrogen-bond acceptors (Lipinski definition) is 3. The highest BCUT2D eigenvalue weighted by atomic mass is 35.5.